The Balaban J connectivity index is 1.62. The third kappa shape index (κ3) is 7.53. The summed E-state index contributed by atoms with van der Waals surface area (Å²) in [6.45, 7) is 1.04. The monoisotopic (exact) mass is 350 g/mol. The lowest BCUT2D eigenvalue weighted by Crippen LogP contribution is -2.29. The van der Waals surface area contributed by atoms with Gasteiger partial charge in [-0.2, -0.15) is 0 Å². The number of aliphatic hydroxyl groups excluding tert-OH is 1. The smallest absolute Gasteiger partial charge is 0.303 e. The Hall–Kier alpha value is -2.12. The highest BCUT2D eigenvalue weighted by molar-refractivity contribution is 5.77. The number of β-amino-alcohol motifs (C(OH)–C–C–N with tert-alkyl or cyclic N) is 1. The van der Waals surface area contributed by atoms with E-state index in [0.717, 1.165) is 18.4 Å². The number of carboxylic acids is 1. The van der Waals surface area contributed by atoms with Gasteiger partial charge in [0.2, 0.25) is 0 Å². The molecule has 0 radical (unpaired) electrons. The summed E-state index contributed by atoms with van der Waals surface area (Å²) >= 11 is 0. The highest BCUT2D eigenvalue weighted by Crippen LogP contribution is 2.16. The molecule has 4 N–H and O–H groups in total. The Morgan fingerprint density at radius 1 is 1.24 bits per heavy atom. The number of carbonyl (C=O) groups excluding carboxylic acids is 1. The largest absolute Gasteiger partial charge is 0.484 e. The van der Waals surface area contributed by atoms with Crippen molar-refractivity contribution in [3.05, 3.63) is 29.8 Å². The summed E-state index contributed by atoms with van der Waals surface area (Å²) in [7, 11) is 0. The van der Waals surface area contributed by atoms with Crippen molar-refractivity contribution in [2.45, 2.75) is 44.2 Å². The van der Waals surface area contributed by atoms with E-state index in [1.165, 1.54) is 0 Å². The SMILES string of the molecule is O=C(O)CCCCNC(=O)COc1ccc(C[C@@H]2C[C@@H](O)CN2)cc1. The summed E-state index contributed by atoms with van der Waals surface area (Å²) < 4.78 is 5.44. The van der Waals surface area contributed by atoms with Crippen LogP contribution in [0, 0.1) is 0 Å². The number of unbranched alkanes of at least 4 members (excludes halogenated alkanes) is 1. The Kier molecular flexibility index (Phi) is 7.69. The molecule has 0 bridgehead atoms. The van der Waals surface area contributed by atoms with Crippen molar-refractivity contribution in [1.82, 2.24) is 10.6 Å². The van der Waals surface area contributed by atoms with Gasteiger partial charge >= 0.3 is 5.97 Å². The fraction of sp³-hybridized carbons (Fsp3) is 0.556. The van der Waals surface area contributed by atoms with Gasteiger partial charge in [0.1, 0.15) is 5.75 Å². The fourth-order valence-corrected chi connectivity index (χ4v) is 2.79. The van der Waals surface area contributed by atoms with Crippen molar-refractivity contribution < 1.29 is 24.5 Å². The summed E-state index contributed by atoms with van der Waals surface area (Å²) in [6.07, 6.45) is 2.67. The van der Waals surface area contributed by atoms with Crippen molar-refractivity contribution in [2.24, 2.45) is 0 Å². The number of aliphatic hydroxyl groups is 1. The van der Waals surface area contributed by atoms with Gasteiger partial charge in [-0.3, -0.25) is 9.59 Å². The molecule has 0 spiro atoms. The first-order chi connectivity index (χ1) is 12.0. The number of aliphatic carboxylic acids is 1. The van der Waals surface area contributed by atoms with Crippen LogP contribution < -0.4 is 15.4 Å². The molecule has 138 valence electrons. The quantitative estimate of drug-likeness (QED) is 0.463. The van der Waals surface area contributed by atoms with Gasteiger partial charge in [0, 0.05) is 25.6 Å². The van der Waals surface area contributed by atoms with Crippen LogP contribution >= 0.6 is 0 Å². The third-order valence-electron chi connectivity index (χ3n) is 4.11. The first kappa shape index (κ1) is 19.2. The minimum absolute atomic E-state index is 0.0609. The van der Waals surface area contributed by atoms with Crippen LogP contribution in [0.4, 0.5) is 0 Å². The van der Waals surface area contributed by atoms with E-state index >= 15 is 0 Å². The summed E-state index contributed by atoms with van der Waals surface area (Å²) in [4.78, 5) is 22.0. The zero-order valence-electron chi connectivity index (χ0n) is 14.2. The molecule has 0 aliphatic carbocycles. The van der Waals surface area contributed by atoms with Crippen LogP contribution in [0.5, 0.6) is 5.75 Å². The number of carbonyl (C=O) groups is 2. The molecular weight excluding hydrogens is 324 g/mol. The molecular formula is C18H26N2O5. The van der Waals surface area contributed by atoms with E-state index in [2.05, 4.69) is 10.6 Å². The minimum Gasteiger partial charge on any atom is -0.484 e. The van der Waals surface area contributed by atoms with E-state index < -0.39 is 5.97 Å². The van der Waals surface area contributed by atoms with Gasteiger partial charge in [0.15, 0.2) is 6.61 Å². The highest BCUT2D eigenvalue weighted by atomic mass is 16.5. The molecule has 2 atom stereocenters. The van der Waals surface area contributed by atoms with Crippen LogP contribution in [0.2, 0.25) is 0 Å². The van der Waals surface area contributed by atoms with Crippen molar-refractivity contribution in [3.8, 4) is 5.75 Å². The summed E-state index contributed by atoms with van der Waals surface area (Å²) in [5, 5.41) is 24.0. The van der Waals surface area contributed by atoms with E-state index in [0.29, 0.717) is 37.7 Å². The van der Waals surface area contributed by atoms with Crippen molar-refractivity contribution in [1.29, 1.82) is 0 Å². The second-order valence-electron chi connectivity index (χ2n) is 6.33. The van der Waals surface area contributed by atoms with Crippen LogP contribution in [-0.4, -0.2) is 53.9 Å². The molecule has 0 unspecified atom stereocenters. The van der Waals surface area contributed by atoms with E-state index in [9.17, 15) is 14.7 Å². The fourth-order valence-electron chi connectivity index (χ4n) is 2.79. The molecule has 1 aliphatic heterocycles. The average molecular weight is 350 g/mol. The number of hydrogen-bond donors (Lipinski definition) is 4. The highest BCUT2D eigenvalue weighted by Gasteiger charge is 2.21. The lowest BCUT2D eigenvalue weighted by molar-refractivity contribution is -0.137. The summed E-state index contributed by atoms with van der Waals surface area (Å²) in [5.41, 5.74) is 1.15. The molecule has 1 aromatic carbocycles. The predicted molar refractivity (Wildman–Crippen MR) is 92.6 cm³/mol. The van der Waals surface area contributed by atoms with Gasteiger partial charge in [-0.15, -0.1) is 0 Å². The standard InChI is InChI=1S/C18H26N2O5/c21-15-10-14(20-11-15)9-13-4-6-16(7-5-13)25-12-17(22)19-8-2-1-3-18(23)24/h4-7,14-15,20-21H,1-3,8-12H2,(H,19,22)(H,23,24)/t14-,15-/m1/s1. The van der Waals surface area contributed by atoms with Gasteiger partial charge in [-0.25, -0.2) is 0 Å². The molecule has 2 rings (SSSR count). The number of hydrogen-bond acceptors (Lipinski definition) is 5. The first-order valence-corrected chi connectivity index (χ1v) is 8.64. The summed E-state index contributed by atoms with van der Waals surface area (Å²) in [6, 6.07) is 7.90. The van der Waals surface area contributed by atoms with Gasteiger partial charge in [-0.1, -0.05) is 12.1 Å². The minimum atomic E-state index is -0.821. The third-order valence-corrected chi connectivity index (χ3v) is 4.11. The molecule has 7 nitrogen and oxygen atoms in total. The zero-order valence-corrected chi connectivity index (χ0v) is 14.2. The Morgan fingerprint density at radius 3 is 2.64 bits per heavy atom. The van der Waals surface area contributed by atoms with Gasteiger partial charge in [-0.05, 0) is 43.4 Å². The van der Waals surface area contributed by atoms with E-state index in [4.69, 9.17) is 9.84 Å². The lowest BCUT2D eigenvalue weighted by atomic mass is 10.0. The second-order valence-corrected chi connectivity index (χ2v) is 6.33. The maximum Gasteiger partial charge on any atom is 0.303 e. The zero-order chi connectivity index (χ0) is 18.1. The molecule has 25 heavy (non-hydrogen) atoms. The van der Waals surface area contributed by atoms with Crippen LogP contribution in [0.1, 0.15) is 31.2 Å². The number of amides is 1. The van der Waals surface area contributed by atoms with E-state index in [1.54, 1.807) is 0 Å². The van der Waals surface area contributed by atoms with Crippen LogP contribution in [-0.2, 0) is 16.0 Å². The summed E-state index contributed by atoms with van der Waals surface area (Å²) in [5.74, 6) is -0.411. The molecule has 0 saturated carbocycles. The van der Waals surface area contributed by atoms with Gasteiger partial charge in [0.25, 0.3) is 5.91 Å². The number of nitrogens with one attached hydrogen (secondary N) is 2. The predicted octanol–water partition coefficient (Wildman–Crippen LogP) is 0.702. The molecule has 1 fully saturated rings. The molecule has 0 aromatic heterocycles. The van der Waals surface area contributed by atoms with Crippen LogP contribution in [0.25, 0.3) is 0 Å². The Morgan fingerprint density at radius 2 is 2.00 bits per heavy atom. The average Bonchev–Trinajstić information content (AvgIpc) is 2.98. The number of benzene rings is 1. The first-order valence-electron chi connectivity index (χ1n) is 8.64. The topological polar surface area (TPSA) is 108 Å². The molecule has 1 saturated heterocycles. The van der Waals surface area contributed by atoms with Crippen molar-refractivity contribution in [2.75, 3.05) is 19.7 Å². The molecule has 7 heteroatoms. The normalized spacial score (nSPS) is 19.6. The Bertz CT molecular complexity index is 561. The second kappa shape index (κ2) is 10.0. The van der Waals surface area contributed by atoms with Gasteiger partial charge < -0.3 is 25.6 Å². The lowest BCUT2D eigenvalue weighted by Gasteiger charge is -2.11. The number of rotatable bonds is 10. The molecule has 1 amide bonds. The van der Waals surface area contributed by atoms with Crippen LogP contribution in [0.3, 0.4) is 0 Å². The Labute approximate surface area is 147 Å². The van der Waals surface area contributed by atoms with Crippen LogP contribution in [0.15, 0.2) is 24.3 Å². The number of carboxylic acid groups (broad SMARTS) is 1. The van der Waals surface area contributed by atoms with E-state index in [-0.39, 0.29) is 25.0 Å². The maximum atomic E-state index is 11.7. The van der Waals surface area contributed by atoms with Crippen molar-refractivity contribution >= 4 is 11.9 Å². The molecule has 1 aliphatic rings. The number of ether oxygens (including phenoxy) is 1. The van der Waals surface area contributed by atoms with Crippen molar-refractivity contribution in [3.63, 3.8) is 0 Å². The van der Waals surface area contributed by atoms with Gasteiger partial charge in [0.05, 0.1) is 6.10 Å². The maximum absolute atomic E-state index is 11.7. The van der Waals surface area contributed by atoms with E-state index in [1.807, 2.05) is 24.3 Å². The molecule has 1 aromatic rings. The molecule has 1 heterocycles.